The highest BCUT2D eigenvalue weighted by molar-refractivity contribution is 7.99. The number of methoxy groups -OCH3 is 1. The predicted molar refractivity (Wildman–Crippen MR) is 76.8 cm³/mol. The van der Waals surface area contributed by atoms with E-state index in [4.69, 9.17) is 10.00 Å². The molecule has 1 N–H and O–H groups in total. The lowest BCUT2D eigenvalue weighted by Gasteiger charge is -2.12. The Morgan fingerprint density at radius 3 is 2.74 bits per heavy atom. The van der Waals surface area contributed by atoms with Crippen LogP contribution in [0.25, 0.3) is 0 Å². The number of carbonyl (C=O) groups is 1. The predicted octanol–water partition coefficient (Wildman–Crippen LogP) is 1.94. The van der Waals surface area contributed by atoms with Crippen molar-refractivity contribution in [3.05, 3.63) is 35.4 Å². The number of hydrogen-bond acceptors (Lipinski definition) is 4. The Bertz CT molecular complexity index is 440. The van der Waals surface area contributed by atoms with Gasteiger partial charge in [-0.25, -0.2) is 0 Å². The van der Waals surface area contributed by atoms with Crippen molar-refractivity contribution >= 4 is 17.7 Å². The van der Waals surface area contributed by atoms with Crippen LogP contribution in [-0.2, 0) is 15.3 Å². The number of hydrogen-bond donors (Lipinski definition) is 1. The summed E-state index contributed by atoms with van der Waals surface area (Å²) in [4.78, 5) is 11.6. The zero-order valence-electron chi connectivity index (χ0n) is 11.2. The molecule has 102 valence electrons. The minimum absolute atomic E-state index is 0.0168. The smallest absolute Gasteiger partial charge is 0.230 e. The standard InChI is InChI=1S/C14H18N2O2S/c1-11(8-18-2)16-14(17)10-19-9-13-5-3-12(7-15)4-6-13/h3-6,11H,8-10H2,1-2H3,(H,16,17)/t11-/m1/s1. The number of benzene rings is 1. The number of ether oxygens (including phenoxy) is 1. The van der Waals surface area contributed by atoms with Crippen LogP contribution in [0.1, 0.15) is 18.1 Å². The number of nitrogens with zero attached hydrogens (tertiary/aromatic N) is 1. The van der Waals surface area contributed by atoms with Crippen LogP contribution in [-0.4, -0.2) is 31.4 Å². The molecule has 1 amide bonds. The van der Waals surface area contributed by atoms with Crippen LogP contribution < -0.4 is 5.32 Å². The van der Waals surface area contributed by atoms with Crippen molar-refractivity contribution < 1.29 is 9.53 Å². The van der Waals surface area contributed by atoms with E-state index < -0.39 is 0 Å². The lowest BCUT2D eigenvalue weighted by molar-refractivity contribution is -0.119. The lowest BCUT2D eigenvalue weighted by Crippen LogP contribution is -2.36. The first-order chi connectivity index (χ1) is 9.15. The topological polar surface area (TPSA) is 62.1 Å². The zero-order valence-corrected chi connectivity index (χ0v) is 12.0. The number of carbonyl (C=O) groups excluding carboxylic acids is 1. The summed E-state index contributed by atoms with van der Waals surface area (Å²) in [7, 11) is 1.61. The van der Waals surface area contributed by atoms with Crippen molar-refractivity contribution in [1.82, 2.24) is 5.32 Å². The molecule has 0 saturated heterocycles. The van der Waals surface area contributed by atoms with Gasteiger partial charge in [0.2, 0.25) is 5.91 Å². The summed E-state index contributed by atoms with van der Waals surface area (Å²) < 4.78 is 4.95. The number of thioether (sulfide) groups is 1. The fourth-order valence-electron chi connectivity index (χ4n) is 1.55. The van der Waals surface area contributed by atoms with Gasteiger partial charge in [-0.2, -0.15) is 5.26 Å². The van der Waals surface area contributed by atoms with E-state index in [0.717, 1.165) is 11.3 Å². The second kappa shape index (κ2) is 8.57. The maximum atomic E-state index is 11.6. The normalized spacial score (nSPS) is 11.6. The Balaban J connectivity index is 2.26. The van der Waals surface area contributed by atoms with E-state index in [1.165, 1.54) is 0 Å². The van der Waals surface area contributed by atoms with E-state index in [0.29, 0.717) is 17.9 Å². The van der Waals surface area contributed by atoms with Crippen LogP contribution in [0.4, 0.5) is 0 Å². The van der Waals surface area contributed by atoms with Gasteiger partial charge in [-0.1, -0.05) is 12.1 Å². The fraction of sp³-hybridized carbons (Fsp3) is 0.429. The molecule has 0 aliphatic carbocycles. The second-order valence-electron chi connectivity index (χ2n) is 4.23. The molecule has 0 heterocycles. The lowest BCUT2D eigenvalue weighted by atomic mass is 10.2. The minimum Gasteiger partial charge on any atom is -0.383 e. The van der Waals surface area contributed by atoms with Crippen LogP contribution >= 0.6 is 11.8 Å². The van der Waals surface area contributed by atoms with Gasteiger partial charge in [-0.05, 0) is 24.6 Å². The summed E-state index contributed by atoms with van der Waals surface area (Å²) >= 11 is 1.55. The average Bonchev–Trinajstić information content (AvgIpc) is 2.39. The molecule has 0 unspecified atom stereocenters. The van der Waals surface area contributed by atoms with Gasteiger partial charge >= 0.3 is 0 Å². The molecule has 1 rings (SSSR count). The Morgan fingerprint density at radius 2 is 2.16 bits per heavy atom. The molecule has 0 aromatic heterocycles. The van der Waals surface area contributed by atoms with E-state index in [2.05, 4.69) is 11.4 Å². The molecule has 0 radical (unpaired) electrons. The number of nitriles is 1. The molecule has 19 heavy (non-hydrogen) atoms. The SMILES string of the molecule is COC[C@@H](C)NC(=O)CSCc1ccc(C#N)cc1. The van der Waals surface area contributed by atoms with E-state index in [1.54, 1.807) is 31.0 Å². The number of amides is 1. The monoisotopic (exact) mass is 278 g/mol. The van der Waals surface area contributed by atoms with Crippen molar-refractivity contribution in [3.63, 3.8) is 0 Å². The Labute approximate surface area is 118 Å². The van der Waals surface area contributed by atoms with Crippen molar-refractivity contribution in [1.29, 1.82) is 5.26 Å². The highest BCUT2D eigenvalue weighted by Gasteiger charge is 2.06. The molecular weight excluding hydrogens is 260 g/mol. The quantitative estimate of drug-likeness (QED) is 0.828. The maximum absolute atomic E-state index is 11.6. The molecule has 4 nitrogen and oxygen atoms in total. The Morgan fingerprint density at radius 1 is 1.47 bits per heavy atom. The van der Waals surface area contributed by atoms with Crippen LogP contribution in [0.15, 0.2) is 24.3 Å². The number of rotatable bonds is 7. The van der Waals surface area contributed by atoms with Crippen LogP contribution in [0, 0.1) is 11.3 Å². The summed E-state index contributed by atoms with van der Waals surface area (Å²) in [6.45, 7) is 2.43. The Kier molecular flexibility index (Phi) is 7.01. The Hall–Kier alpha value is -1.51. The maximum Gasteiger partial charge on any atom is 0.230 e. The second-order valence-corrected chi connectivity index (χ2v) is 5.21. The first kappa shape index (κ1) is 15.5. The highest BCUT2D eigenvalue weighted by Crippen LogP contribution is 2.12. The molecule has 0 aliphatic rings. The van der Waals surface area contributed by atoms with Gasteiger partial charge in [0.1, 0.15) is 0 Å². The third kappa shape index (κ3) is 6.27. The van der Waals surface area contributed by atoms with Gasteiger partial charge in [-0.15, -0.1) is 11.8 Å². The summed E-state index contributed by atoms with van der Waals surface area (Å²) in [6.07, 6.45) is 0. The van der Waals surface area contributed by atoms with E-state index in [-0.39, 0.29) is 11.9 Å². The summed E-state index contributed by atoms with van der Waals surface area (Å²) in [5, 5.41) is 11.5. The molecule has 1 aromatic carbocycles. The third-order valence-corrected chi connectivity index (χ3v) is 3.41. The van der Waals surface area contributed by atoms with Gasteiger partial charge in [0.25, 0.3) is 0 Å². The molecule has 1 aromatic rings. The summed E-state index contributed by atoms with van der Waals surface area (Å²) in [5.41, 5.74) is 1.77. The van der Waals surface area contributed by atoms with E-state index >= 15 is 0 Å². The van der Waals surface area contributed by atoms with Crippen molar-refractivity contribution in [2.45, 2.75) is 18.7 Å². The molecule has 0 saturated carbocycles. The average molecular weight is 278 g/mol. The van der Waals surface area contributed by atoms with Crippen molar-refractivity contribution in [2.24, 2.45) is 0 Å². The summed E-state index contributed by atoms with van der Waals surface area (Å²) in [6, 6.07) is 9.52. The van der Waals surface area contributed by atoms with Gasteiger partial charge in [0.05, 0.1) is 24.0 Å². The minimum atomic E-state index is 0.0168. The van der Waals surface area contributed by atoms with Gasteiger partial charge in [0, 0.05) is 18.9 Å². The first-order valence-corrected chi connectivity index (χ1v) is 7.16. The number of nitrogens with one attached hydrogen (secondary N) is 1. The van der Waals surface area contributed by atoms with Crippen LogP contribution in [0.3, 0.4) is 0 Å². The molecule has 0 aliphatic heterocycles. The molecular formula is C14H18N2O2S. The van der Waals surface area contributed by atoms with E-state index in [1.807, 2.05) is 19.1 Å². The largest absolute Gasteiger partial charge is 0.383 e. The van der Waals surface area contributed by atoms with E-state index in [9.17, 15) is 4.79 Å². The van der Waals surface area contributed by atoms with Gasteiger partial charge < -0.3 is 10.1 Å². The first-order valence-electron chi connectivity index (χ1n) is 6.00. The van der Waals surface area contributed by atoms with Crippen molar-refractivity contribution in [2.75, 3.05) is 19.5 Å². The molecule has 1 atom stereocenters. The molecule has 5 heteroatoms. The van der Waals surface area contributed by atoms with Crippen molar-refractivity contribution in [3.8, 4) is 6.07 Å². The van der Waals surface area contributed by atoms with Crippen LogP contribution in [0.2, 0.25) is 0 Å². The zero-order chi connectivity index (χ0) is 14.1. The molecule has 0 fully saturated rings. The molecule has 0 bridgehead atoms. The summed E-state index contributed by atoms with van der Waals surface area (Å²) in [5.74, 6) is 1.20. The molecule has 0 spiro atoms. The highest BCUT2D eigenvalue weighted by atomic mass is 32.2. The van der Waals surface area contributed by atoms with Crippen LogP contribution in [0.5, 0.6) is 0 Å². The van der Waals surface area contributed by atoms with Gasteiger partial charge in [0.15, 0.2) is 0 Å². The van der Waals surface area contributed by atoms with Gasteiger partial charge in [-0.3, -0.25) is 4.79 Å². The third-order valence-electron chi connectivity index (χ3n) is 2.41. The fourth-order valence-corrected chi connectivity index (χ4v) is 2.34.